The van der Waals surface area contributed by atoms with Gasteiger partial charge in [-0.15, -0.1) is 0 Å². The van der Waals surface area contributed by atoms with Gasteiger partial charge in [0.25, 0.3) is 0 Å². The van der Waals surface area contributed by atoms with E-state index in [1.165, 1.54) is 5.56 Å². The number of hydrogen-bond donors (Lipinski definition) is 1. The highest BCUT2D eigenvalue weighted by Gasteiger charge is 2.06. The number of halogens is 1. The summed E-state index contributed by atoms with van der Waals surface area (Å²) < 4.78 is 0. The first-order chi connectivity index (χ1) is 6.15. The third kappa shape index (κ3) is 2.56. The van der Waals surface area contributed by atoms with Crippen LogP contribution in [0.15, 0.2) is 18.2 Å². The van der Waals surface area contributed by atoms with E-state index in [-0.39, 0.29) is 0 Å². The lowest BCUT2D eigenvalue weighted by Gasteiger charge is -2.03. The minimum Gasteiger partial charge on any atom is -0.478 e. The van der Waals surface area contributed by atoms with Crippen molar-refractivity contribution in [2.24, 2.45) is 0 Å². The summed E-state index contributed by atoms with van der Waals surface area (Å²) in [6.45, 7) is 1.82. The van der Waals surface area contributed by atoms with Crippen molar-refractivity contribution in [1.29, 1.82) is 0 Å². The Morgan fingerprint density at radius 2 is 2.23 bits per heavy atom. The second kappa shape index (κ2) is 4.42. The Balaban J connectivity index is 2.98. The summed E-state index contributed by atoms with van der Waals surface area (Å²) in [6.07, 6.45) is 0.931. The maximum Gasteiger partial charge on any atom is 0.335 e. The zero-order chi connectivity index (χ0) is 9.84. The monoisotopic (exact) mass is 242 g/mol. The first kappa shape index (κ1) is 10.3. The molecule has 0 radical (unpaired) electrons. The molecular formula is C10H11BrO2. The van der Waals surface area contributed by atoms with Crippen molar-refractivity contribution in [2.75, 3.05) is 5.33 Å². The summed E-state index contributed by atoms with van der Waals surface area (Å²) in [5.41, 5.74) is 2.38. The molecule has 70 valence electrons. The molecule has 1 aromatic carbocycles. The van der Waals surface area contributed by atoms with Crippen LogP contribution < -0.4 is 0 Å². The molecule has 0 amide bonds. The average molecular weight is 243 g/mol. The lowest BCUT2D eigenvalue weighted by molar-refractivity contribution is 0.0696. The molecule has 0 saturated heterocycles. The van der Waals surface area contributed by atoms with E-state index in [1.807, 2.05) is 19.1 Å². The van der Waals surface area contributed by atoms with Gasteiger partial charge in [0.15, 0.2) is 0 Å². The fourth-order valence-corrected chi connectivity index (χ4v) is 1.69. The highest BCUT2D eigenvalue weighted by atomic mass is 79.9. The van der Waals surface area contributed by atoms with Crippen LogP contribution in [0.4, 0.5) is 0 Å². The Kier molecular flexibility index (Phi) is 3.48. The number of rotatable bonds is 3. The summed E-state index contributed by atoms with van der Waals surface area (Å²) in [6, 6.07) is 5.44. The molecule has 0 aliphatic carbocycles. The summed E-state index contributed by atoms with van der Waals surface area (Å²) >= 11 is 3.34. The molecule has 0 atom stereocenters. The van der Waals surface area contributed by atoms with Gasteiger partial charge in [-0.25, -0.2) is 4.79 Å². The van der Waals surface area contributed by atoms with Crippen LogP contribution >= 0.6 is 15.9 Å². The van der Waals surface area contributed by atoms with Crippen LogP contribution in [0.2, 0.25) is 0 Å². The van der Waals surface area contributed by atoms with E-state index in [2.05, 4.69) is 15.9 Å². The molecule has 1 rings (SSSR count). The van der Waals surface area contributed by atoms with Crippen molar-refractivity contribution >= 4 is 21.9 Å². The second-order valence-electron chi connectivity index (χ2n) is 2.89. The number of aryl methyl sites for hydroxylation is 2. The fraction of sp³-hybridized carbons (Fsp3) is 0.300. The normalized spacial score (nSPS) is 10.0. The highest BCUT2D eigenvalue weighted by Crippen LogP contribution is 2.12. The van der Waals surface area contributed by atoms with Gasteiger partial charge < -0.3 is 5.11 Å². The van der Waals surface area contributed by atoms with Gasteiger partial charge >= 0.3 is 5.97 Å². The van der Waals surface area contributed by atoms with Gasteiger partial charge in [-0.05, 0) is 30.5 Å². The molecule has 1 N–H and O–H groups in total. The predicted molar refractivity (Wildman–Crippen MR) is 55.6 cm³/mol. The molecule has 3 heteroatoms. The zero-order valence-corrected chi connectivity index (χ0v) is 8.97. The number of carbonyl (C=O) groups is 1. The Morgan fingerprint density at radius 3 is 2.69 bits per heavy atom. The molecule has 13 heavy (non-hydrogen) atoms. The summed E-state index contributed by atoms with van der Waals surface area (Å²) in [7, 11) is 0. The van der Waals surface area contributed by atoms with Crippen molar-refractivity contribution in [1.82, 2.24) is 0 Å². The molecule has 0 fully saturated rings. The van der Waals surface area contributed by atoms with Crippen LogP contribution in [-0.4, -0.2) is 16.4 Å². The molecule has 0 bridgehead atoms. The summed E-state index contributed by atoms with van der Waals surface area (Å²) in [4.78, 5) is 10.7. The van der Waals surface area contributed by atoms with Gasteiger partial charge in [-0.3, -0.25) is 0 Å². The van der Waals surface area contributed by atoms with Gasteiger partial charge in [-0.1, -0.05) is 28.1 Å². The minimum atomic E-state index is -0.858. The van der Waals surface area contributed by atoms with Gasteiger partial charge in [0.2, 0.25) is 0 Å². The molecule has 0 spiro atoms. The number of benzene rings is 1. The van der Waals surface area contributed by atoms with Crippen molar-refractivity contribution in [2.45, 2.75) is 13.3 Å². The Morgan fingerprint density at radius 1 is 1.54 bits per heavy atom. The molecule has 2 nitrogen and oxygen atoms in total. The molecule has 0 aliphatic heterocycles. The number of alkyl halides is 1. The minimum absolute atomic E-state index is 0.387. The third-order valence-corrected chi connectivity index (χ3v) is 2.30. The lowest BCUT2D eigenvalue weighted by atomic mass is 10.0. The zero-order valence-electron chi connectivity index (χ0n) is 7.38. The fourth-order valence-electron chi connectivity index (χ4n) is 1.23. The first-order valence-electron chi connectivity index (χ1n) is 4.04. The highest BCUT2D eigenvalue weighted by molar-refractivity contribution is 9.09. The van der Waals surface area contributed by atoms with Crippen LogP contribution in [0.5, 0.6) is 0 Å². The number of aromatic carboxylic acids is 1. The van der Waals surface area contributed by atoms with Crippen LogP contribution in [0.25, 0.3) is 0 Å². The Hall–Kier alpha value is -0.830. The average Bonchev–Trinajstić information content (AvgIpc) is 2.04. The van der Waals surface area contributed by atoms with E-state index >= 15 is 0 Å². The van der Waals surface area contributed by atoms with Crippen molar-refractivity contribution in [3.63, 3.8) is 0 Å². The van der Waals surface area contributed by atoms with Crippen molar-refractivity contribution < 1.29 is 9.90 Å². The largest absolute Gasteiger partial charge is 0.478 e. The van der Waals surface area contributed by atoms with Crippen LogP contribution in [0.3, 0.4) is 0 Å². The third-order valence-electron chi connectivity index (χ3n) is 1.90. The van der Waals surface area contributed by atoms with Gasteiger partial charge in [0, 0.05) is 5.33 Å². The van der Waals surface area contributed by atoms with Crippen LogP contribution in [-0.2, 0) is 6.42 Å². The molecule has 0 aromatic heterocycles. The van der Waals surface area contributed by atoms with E-state index in [0.29, 0.717) is 5.56 Å². The van der Waals surface area contributed by atoms with Gasteiger partial charge in [0.05, 0.1) is 5.56 Å². The molecule has 0 saturated carbocycles. The topological polar surface area (TPSA) is 37.3 Å². The SMILES string of the molecule is Cc1cc(CCBr)ccc1C(=O)O. The van der Waals surface area contributed by atoms with E-state index in [0.717, 1.165) is 17.3 Å². The van der Waals surface area contributed by atoms with E-state index in [1.54, 1.807) is 6.07 Å². The first-order valence-corrected chi connectivity index (χ1v) is 5.16. The smallest absolute Gasteiger partial charge is 0.335 e. The predicted octanol–water partition coefficient (Wildman–Crippen LogP) is 2.63. The van der Waals surface area contributed by atoms with E-state index in [9.17, 15) is 4.79 Å². The summed E-state index contributed by atoms with van der Waals surface area (Å²) in [5, 5.41) is 9.68. The Labute approximate surface area is 85.7 Å². The number of carboxylic acid groups (broad SMARTS) is 1. The van der Waals surface area contributed by atoms with Crippen molar-refractivity contribution in [3.05, 3.63) is 34.9 Å². The van der Waals surface area contributed by atoms with Gasteiger partial charge in [0.1, 0.15) is 0 Å². The second-order valence-corrected chi connectivity index (χ2v) is 3.69. The van der Waals surface area contributed by atoms with Crippen LogP contribution in [0.1, 0.15) is 21.5 Å². The summed E-state index contributed by atoms with van der Waals surface area (Å²) in [5.74, 6) is -0.858. The quantitative estimate of drug-likeness (QED) is 0.828. The maximum atomic E-state index is 10.7. The number of hydrogen-bond acceptors (Lipinski definition) is 1. The van der Waals surface area contributed by atoms with Gasteiger partial charge in [-0.2, -0.15) is 0 Å². The molecule has 1 aromatic rings. The molecular weight excluding hydrogens is 232 g/mol. The molecule has 0 aliphatic rings. The standard InChI is InChI=1S/C10H11BrO2/c1-7-6-8(4-5-11)2-3-9(7)10(12)13/h2-3,6H,4-5H2,1H3,(H,12,13). The number of carboxylic acids is 1. The van der Waals surface area contributed by atoms with E-state index in [4.69, 9.17) is 5.11 Å². The maximum absolute atomic E-state index is 10.7. The molecule has 0 unspecified atom stereocenters. The van der Waals surface area contributed by atoms with E-state index < -0.39 is 5.97 Å². The lowest BCUT2D eigenvalue weighted by Crippen LogP contribution is -2.00. The van der Waals surface area contributed by atoms with Crippen LogP contribution in [0, 0.1) is 6.92 Å². The van der Waals surface area contributed by atoms with Crippen molar-refractivity contribution in [3.8, 4) is 0 Å². The Bertz CT molecular complexity index is 321. The molecule has 0 heterocycles.